The van der Waals surface area contributed by atoms with E-state index in [1.54, 1.807) is 12.1 Å². The summed E-state index contributed by atoms with van der Waals surface area (Å²) >= 11 is 1.29. The number of rotatable bonds is 4. The van der Waals surface area contributed by atoms with Gasteiger partial charge in [-0.3, -0.25) is 4.79 Å². The van der Waals surface area contributed by atoms with Gasteiger partial charge in [-0.2, -0.15) is 0 Å². The lowest BCUT2D eigenvalue weighted by atomic mass is 10.3. The van der Waals surface area contributed by atoms with E-state index in [0.717, 1.165) is 23.9 Å². The number of aromatic nitrogens is 2. The van der Waals surface area contributed by atoms with Gasteiger partial charge in [0.2, 0.25) is 0 Å². The van der Waals surface area contributed by atoms with Crippen molar-refractivity contribution in [2.75, 3.05) is 5.73 Å². The van der Waals surface area contributed by atoms with Gasteiger partial charge in [-0.15, -0.1) is 0 Å². The topological polar surface area (TPSA) is 92.0 Å². The smallest absolute Gasteiger partial charge is 0.317 e. The zero-order valence-corrected chi connectivity index (χ0v) is 10.4. The molecule has 1 unspecified atom stereocenters. The Morgan fingerprint density at radius 2 is 2.33 bits per heavy atom. The normalized spacial score (nSPS) is 16.9. The summed E-state index contributed by atoms with van der Waals surface area (Å²) in [6, 6.07) is 5.42. The Balaban J connectivity index is 1.87. The van der Waals surface area contributed by atoms with Crippen molar-refractivity contribution in [3.63, 3.8) is 0 Å². The van der Waals surface area contributed by atoms with Crippen molar-refractivity contribution in [1.29, 1.82) is 0 Å². The monoisotopic (exact) mass is 263 g/mol. The number of benzene rings is 1. The van der Waals surface area contributed by atoms with Crippen molar-refractivity contribution in [3.8, 4) is 0 Å². The number of nitrogens with two attached hydrogens (primary N) is 1. The number of carbonyl (C=O) groups is 1. The van der Waals surface area contributed by atoms with E-state index in [0.29, 0.717) is 10.8 Å². The SMILES string of the molecule is Nc1ccc2nc(SC(C(=O)O)C3CC3)[nH]c2c1. The largest absolute Gasteiger partial charge is 0.480 e. The minimum absolute atomic E-state index is 0.283. The Morgan fingerprint density at radius 1 is 1.56 bits per heavy atom. The quantitative estimate of drug-likeness (QED) is 0.580. The summed E-state index contributed by atoms with van der Waals surface area (Å²) in [6.07, 6.45) is 1.99. The summed E-state index contributed by atoms with van der Waals surface area (Å²) in [5, 5.41) is 9.43. The summed E-state index contributed by atoms with van der Waals surface area (Å²) in [7, 11) is 0. The number of nitrogens with zero attached hydrogens (tertiary/aromatic N) is 1. The molecule has 1 fully saturated rings. The lowest BCUT2D eigenvalue weighted by Gasteiger charge is -2.07. The molecule has 3 rings (SSSR count). The highest BCUT2D eigenvalue weighted by atomic mass is 32.2. The maximum absolute atomic E-state index is 11.2. The fourth-order valence-electron chi connectivity index (χ4n) is 1.93. The number of nitrogens with one attached hydrogen (secondary N) is 1. The molecular formula is C12H13N3O2S. The first kappa shape index (κ1) is 11.4. The number of aliphatic carboxylic acids is 1. The molecule has 0 amide bonds. The van der Waals surface area contributed by atoms with Crippen molar-refractivity contribution in [3.05, 3.63) is 18.2 Å². The Bertz CT molecular complexity index is 606. The molecule has 0 spiro atoms. The van der Waals surface area contributed by atoms with E-state index >= 15 is 0 Å². The number of imidazole rings is 1. The van der Waals surface area contributed by atoms with Crippen LogP contribution in [0.3, 0.4) is 0 Å². The number of hydrogen-bond donors (Lipinski definition) is 3. The van der Waals surface area contributed by atoms with Crippen LogP contribution in [0.2, 0.25) is 0 Å². The summed E-state index contributed by atoms with van der Waals surface area (Å²) < 4.78 is 0. The van der Waals surface area contributed by atoms with E-state index in [4.69, 9.17) is 5.73 Å². The molecule has 1 aromatic carbocycles. The standard InChI is InChI=1S/C12H13N3O2S/c13-7-3-4-8-9(5-7)15-12(14-8)18-10(11(16)17)6-1-2-6/h3-6,10H,1-2,13H2,(H,14,15)(H,16,17). The van der Waals surface area contributed by atoms with Crippen LogP contribution in [0.1, 0.15) is 12.8 Å². The van der Waals surface area contributed by atoms with Crippen LogP contribution in [0.4, 0.5) is 5.69 Å². The molecule has 0 saturated heterocycles. The predicted molar refractivity (Wildman–Crippen MR) is 70.5 cm³/mol. The Morgan fingerprint density at radius 3 is 3.00 bits per heavy atom. The van der Waals surface area contributed by atoms with Gasteiger partial charge < -0.3 is 15.8 Å². The molecule has 1 aliphatic rings. The molecule has 4 N–H and O–H groups in total. The van der Waals surface area contributed by atoms with Crippen LogP contribution in [0.5, 0.6) is 0 Å². The molecule has 1 aliphatic carbocycles. The van der Waals surface area contributed by atoms with Crippen LogP contribution in [0, 0.1) is 5.92 Å². The fraction of sp³-hybridized carbons (Fsp3) is 0.333. The van der Waals surface area contributed by atoms with Crippen molar-refractivity contribution in [1.82, 2.24) is 9.97 Å². The third-order valence-electron chi connectivity index (χ3n) is 3.02. The molecular weight excluding hydrogens is 250 g/mol. The van der Waals surface area contributed by atoms with Gasteiger partial charge in [0.1, 0.15) is 5.25 Å². The van der Waals surface area contributed by atoms with Gasteiger partial charge in [-0.1, -0.05) is 11.8 Å². The molecule has 2 aromatic rings. The second kappa shape index (κ2) is 4.20. The van der Waals surface area contributed by atoms with Crippen LogP contribution in [0.15, 0.2) is 23.4 Å². The zero-order chi connectivity index (χ0) is 12.7. The maximum atomic E-state index is 11.2. The second-order valence-corrected chi connectivity index (χ2v) is 5.66. The molecule has 94 valence electrons. The molecule has 5 nitrogen and oxygen atoms in total. The van der Waals surface area contributed by atoms with E-state index in [1.807, 2.05) is 6.07 Å². The summed E-state index contributed by atoms with van der Waals surface area (Å²) in [5.41, 5.74) is 8.02. The summed E-state index contributed by atoms with van der Waals surface area (Å²) in [4.78, 5) is 18.7. The first-order valence-corrected chi connectivity index (χ1v) is 6.66. The van der Waals surface area contributed by atoms with Gasteiger partial charge in [-0.25, -0.2) is 4.98 Å². The van der Waals surface area contributed by atoms with E-state index < -0.39 is 11.2 Å². The number of thioether (sulfide) groups is 1. The predicted octanol–water partition coefficient (Wildman–Crippen LogP) is 2.10. The molecule has 1 heterocycles. The summed E-state index contributed by atoms with van der Waals surface area (Å²) in [5.74, 6) is -0.478. The van der Waals surface area contributed by atoms with Crippen LogP contribution < -0.4 is 5.73 Å². The van der Waals surface area contributed by atoms with Gasteiger partial charge in [0.15, 0.2) is 5.16 Å². The number of nitrogen functional groups attached to an aromatic ring is 1. The molecule has 1 saturated carbocycles. The first-order valence-electron chi connectivity index (χ1n) is 5.78. The molecule has 18 heavy (non-hydrogen) atoms. The second-order valence-electron chi connectivity index (χ2n) is 4.53. The first-order chi connectivity index (χ1) is 8.63. The van der Waals surface area contributed by atoms with Crippen molar-refractivity contribution in [2.24, 2.45) is 5.92 Å². The molecule has 1 atom stereocenters. The molecule has 6 heteroatoms. The Kier molecular flexibility index (Phi) is 2.66. The van der Waals surface area contributed by atoms with Crippen molar-refractivity contribution >= 4 is 34.5 Å². The average Bonchev–Trinajstić information content (AvgIpc) is 3.06. The number of H-pyrrole nitrogens is 1. The maximum Gasteiger partial charge on any atom is 0.317 e. The van der Waals surface area contributed by atoms with Gasteiger partial charge in [0.05, 0.1) is 11.0 Å². The van der Waals surface area contributed by atoms with E-state index in [-0.39, 0.29) is 5.92 Å². The molecule has 0 radical (unpaired) electrons. The number of hydrogen-bond acceptors (Lipinski definition) is 4. The number of fused-ring (bicyclic) bond motifs is 1. The Hall–Kier alpha value is -1.69. The number of aromatic amines is 1. The number of carboxylic acids is 1. The fourth-order valence-corrected chi connectivity index (χ4v) is 3.05. The lowest BCUT2D eigenvalue weighted by molar-refractivity contribution is -0.136. The Labute approximate surface area is 108 Å². The minimum Gasteiger partial charge on any atom is -0.480 e. The number of carboxylic acid groups (broad SMARTS) is 1. The molecule has 1 aromatic heterocycles. The van der Waals surface area contributed by atoms with Gasteiger partial charge in [0, 0.05) is 5.69 Å². The van der Waals surface area contributed by atoms with Crippen LogP contribution in [0.25, 0.3) is 11.0 Å². The third-order valence-corrected chi connectivity index (χ3v) is 4.27. The third kappa shape index (κ3) is 2.15. The highest BCUT2D eigenvalue weighted by Gasteiger charge is 2.37. The van der Waals surface area contributed by atoms with Crippen molar-refractivity contribution in [2.45, 2.75) is 23.2 Å². The summed E-state index contributed by atoms with van der Waals surface area (Å²) in [6.45, 7) is 0. The van der Waals surface area contributed by atoms with Crippen LogP contribution in [-0.4, -0.2) is 26.3 Å². The number of anilines is 1. The van der Waals surface area contributed by atoms with Crippen LogP contribution in [-0.2, 0) is 4.79 Å². The molecule has 0 aliphatic heterocycles. The van der Waals surface area contributed by atoms with E-state index in [2.05, 4.69) is 9.97 Å². The lowest BCUT2D eigenvalue weighted by Crippen LogP contribution is -2.18. The van der Waals surface area contributed by atoms with Gasteiger partial charge in [-0.05, 0) is 37.0 Å². The van der Waals surface area contributed by atoms with Gasteiger partial charge >= 0.3 is 5.97 Å². The average molecular weight is 263 g/mol. The van der Waals surface area contributed by atoms with E-state index in [9.17, 15) is 9.90 Å². The zero-order valence-electron chi connectivity index (χ0n) is 9.59. The highest BCUT2D eigenvalue weighted by molar-refractivity contribution is 8.00. The van der Waals surface area contributed by atoms with E-state index in [1.165, 1.54) is 11.8 Å². The van der Waals surface area contributed by atoms with Crippen molar-refractivity contribution < 1.29 is 9.90 Å². The van der Waals surface area contributed by atoms with Crippen LogP contribution >= 0.6 is 11.8 Å². The highest BCUT2D eigenvalue weighted by Crippen LogP contribution is 2.41. The minimum atomic E-state index is -0.762. The van der Waals surface area contributed by atoms with Gasteiger partial charge in [0.25, 0.3) is 0 Å². The molecule has 0 bridgehead atoms.